The Hall–Kier alpha value is -1.06. The van der Waals surface area contributed by atoms with E-state index in [4.69, 9.17) is 0 Å². The number of phenolic OH excluding ortho intramolecular Hbond substituents is 1. The fourth-order valence-electron chi connectivity index (χ4n) is 6.64. The lowest BCUT2D eigenvalue weighted by molar-refractivity contribution is -0.131. The Bertz CT molecular complexity index is 716. The summed E-state index contributed by atoms with van der Waals surface area (Å²) in [6.07, 6.45) is 7.81. The molecule has 2 bridgehead atoms. The van der Waals surface area contributed by atoms with Crippen LogP contribution in [0.2, 0.25) is 0 Å². The van der Waals surface area contributed by atoms with Gasteiger partial charge in [0.15, 0.2) is 0 Å². The molecule has 3 fully saturated rings. The second-order valence-electron chi connectivity index (χ2n) is 9.23. The SMILES string of the molecule is CC1CC(=O)C[C@]23CCN(CC4CCC4)[C@H](Cc4ccc(O)cc42)[C@H]13.Cl. The van der Waals surface area contributed by atoms with Crippen LogP contribution in [0.15, 0.2) is 18.2 Å². The second-order valence-corrected chi connectivity index (χ2v) is 9.23. The van der Waals surface area contributed by atoms with Crippen molar-refractivity contribution in [3.8, 4) is 5.75 Å². The van der Waals surface area contributed by atoms with Gasteiger partial charge in [0.05, 0.1) is 0 Å². The Morgan fingerprint density at radius 3 is 2.81 bits per heavy atom. The van der Waals surface area contributed by atoms with E-state index in [-0.39, 0.29) is 17.8 Å². The van der Waals surface area contributed by atoms with E-state index in [9.17, 15) is 9.90 Å². The van der Waals surface area contributed by atoms with Crippen LogP contribution in [0.5, 0.6) is 5.75 Å². The Labute approximate surface area is 162 Å². The van der Waals surface area contributed by atoms with E-state index in [2.05, 4.69) is 17.9 Å². The molecule has 1 saturated heterocycles. The number of nitrogens with zero attached hydrogens (tertiary/aromatic N) is 1. The molecule has 4 aliphatic rings. The molecule has 2 saturated carbocycles. The number of carbonyl (C=O) groups excluding carboxylic acids is 1. The first-order valence-corrected chi connectivity index (χ1v) is 10.1. The molecule has 0 amide bonds. The van der Waals surface area contributed by atoms with Crippen molar-refractivity contribution in [1.82, 2.24) is 4.90 Å². The minimum Gasteiger partial charge on any atom is -0.508 e. The molecule has 1 aromatic carbocycles. The fourth-order valence-corrected chi connectivity index (χ4v) is 6.64. The molecular weight excluding hydrogens is 346 g/mol. The van der Waals surface area contributed by atoms with Crippen LogP contribution in [0.25, 0.3) is 0 Å². The number of phenols is 1. The first-order chi connectivity index (χ1) is 12.1. The number of rotatable bonds is 2. The highest BCUT2D eigenvalue weighted by Gasteiger charge is 2.57. The molecule has 1 N–H and O–H groups in total. The van der Waals surface area contributed by atoms with Gasteiger partial charge in [0, 0.05) is 30.8 Å². The van der Waals surface area contributed by atoms with Crippen molar-refractivity contribution >= 4 is 18.2 Å². The van der Waals surface area contributed by atoms with Crippen LogP contribution in [0.4, 0.5) is 0 Å². The average Bonchev–Trinajstić information content (AvgIpc) is 2.52. The number of likely N-dealkylation sites (tertiary alicyclic amines) is 1. The summed E-state index contributed by atoms with van der Waals surface area (Å²) in [4.78, 5) is 15.3. The third kappa shape index (κ3) is 2.62. The van der Waals surface area contributed by atoms with Crippen molar-refractivity contribution in [2.24, 2.45) is 17.8 Å². The van der Waals surface area contributed by atoms with Gasteiger partial charge in [-0.3, -0.25) is 9.69 Å². The summed E-state index contributed by atoms with van der Waals surface area (Å²) < 4.78 is 0. The molecule has 5 rings (SSSR count). The van der Waals surface area contributed by atoms with Gasteiger partial charge >= 0.3 is 0 Å². The topological polar surface area (TPSA) is 40.5 Å². The molecule has 3 aliphatic carbocycles. The van der Waals surface area contributed by atoms with E-state index in [0.29, 0.717) is 35.8 Å². The number of halogens is 1. The van der Waals surface area contributed by atoms with Gasteiger partial charge in [0.1, 0.15) is 11.5 Å². The van der Waals surface area contributed by atoms with Crippen LogP contribution >= 0.6 is 12.4 Å². The van der Waals surface area contributed by atoms with E-state index in [0.717, 1.165) is 31.7 Å². The Morgan fingerprint density at radius 2 is 2.08 bits per heavy atom. The van der Waals surface area contributed by atoms with Crippen LogP contribution in [-0.2, 0) is 16.6 Å². The van der Waals surface area contributed by atoms with Gasteiger partial charge in [-0.15, -0.1) is 12.4 Å². The van der Waals surface area contributed by atoms with Gasteiger partial charge < -0.3 is 5.11 Å². The van der Waals surface area contributed by atoms with Crippen LogP contribution in [0, 0.1) is 17.8 Å². The number of aromatic hydroxyl groups is 1. The number of carbonyl (C=O) groups is 1. The maximum atomic E-state index is 12.6. The number of hydrogen-bond acceptors (Lipinski definition) is 3. The lowest BCUT2D eigenvalue weighted by Gasteiger charge is -2.61. The molecule has 0 radical (unpaired) electrons. The maximum Gasteiger partial charge on any atom is 0.134 e. The Balaban J connectivity index is 0.00000168. The largest absolute Gasteiger partial charge is 0.508 e. The van der Waals surface area contributed by atoms with Crippen LogP contribution < -0.4 is 0 Å². The minimum absolute atomic E-state index is 0. The molecule has 1 heterocycles. The molecule has 4 heteroatoms. The minimum atomic E-state index is -0.0259. The van der Waals surface area contributed by atoms with E-state index in [1.807, 2.05) is 12.1 Å². The molecule has 1 aromatic rings. The molecule has 1 unspecified atom stereocenters. The van der Waals surface area contributed by atoms with Gasteiger partial charge in [-0.05, 0) is 73.2 Å². The van der Waals surface area contributed by atoms with E-state index in [1.54, 1.807) is 0 Å². The number of hydrogen-bond donors (Lipinski definition) is 1. The first kappa shape index (κ1) is 18.3. The van der Waals surface area contributed by atoms with Crippen molar-refractivity contribution in [1.29, 1.82) is 0 Å². The second kappa shape index (κ2) is 6.53. The lowest BCUT2D eigenvalue weighted by atomic mass is 9.49. The third-order valence-corrected chi connectivity index (χ3v) is 7.82. The van der Waals surface area contributed by atoms with E-state index >= 15 is 0 Å². The van der Waals surface area contributed by atoms with Gasteiger partial charge in [0.25, 0.3) is 0 Å². The van der Waals surface area contributed by atoms with Crippen LogP contribution in [0.3, 0.4) is 0 Å². The van der Waals surface area contributed by atoms with Crippen LogP contribution in [-0.4, -0.2) is 34.9 Å². The Kier molecular flexibility index (Phi) is 4.60. The number of ketones is 1. The standard InChI is InChI=1S/C22H29NO2.ClH/c1-14-9-18(25)12-22-7-8-23(13-15-3-2-4-15)20(21(14)22)10-16-5-6-17(24)11-19(16)22;/h5-6,11,14-15,20-21,24H,2-4,7-10,12-13H2,1H3;1H/t14?,20-,21+,22-;/m1./s1. The van der Waals surface area contributed by atoms with E-state index < -0.39 is 0 Å². The highest BCUT2D eigenvalue weighted by Crippen LogP contribution is 2.57. The van der Waals surface area contributed by atoms with Crippen molar-refractivity contribution in [2.45, 2.75) is 63.3 Å². The quantitative estimate of drug-likeness (QED) is 0.846. The molecule has 0 spiro atoms. The molecule has 3 nitrogen and oxygen atoms in total. The molecule has 1 aliphatic heterocycles. The van der Waals surface area contributed by atoms with Gasteiger partial charge in [-0.2, -0.15) is 0 Å². The molecule has 26 heavy (non-hydrogen) atoms. The summed E-state index contributed by atoms with van der Waals surface area (Å²) >= 11 is 0. The molecular formula is C22H30ClNO2. The van der Waals surface area contributed by atoms with Gasteiger partial charge in [0.2, 0.25) is 0 Å². The molecule has 142 valence electrons. The van der Waals surface area contributed by atoms with Crippen LogP contribution in [0.1, 0.15) is 56.6 Å². The van der Waals surface area contributed by atoms with Gasteiger partial charge in [-0.1, -0.05) is 19.4 Å². The van der Waals surface area contributed by atoms with Crippen molar-refractivity contribution < 1.29 is 9.90 Å². The predicted octanol–water partition coefficient (Wildman–Crippen LogP) is 4.10. The summed E-state index contributed by atoms with van der Waals surface area (Å²) in [5.74, 6) is 2.69. The predicted molar refractivity (Wildman–Crippen MR) is 105 cm³/mol. The number of benzene rings is 1. The number of fused-ring (bicyclic) bond motifs is 1. The molecule has 4 atom stereocenters. The van der Waals surface area contributed by atoms with E-state index in [1.165, 1.54) is 36.9 Å². The first-order valence-electron chi connectivity index (χ1n) is 10.1. The number of Topliss-reactive ketones (excluding diaryl/α,β-unsaturated/α-hetero) is 1. The third-order valence-electron chi connectivity index (χ3n) is 7.82. The highest BCUT2D eigenvalue weighted by molar-refractivity contribution is 5.85. The maximum absolute atomic E-state index is 12.6. The fraction of sp³-hybridized carbons (Fsp3) is 0.682. The average molecular weight is 376 g/mol. The smallest absolute Gasteiger partial charge is 0.134 e. The number of piperidine rings is 1. The summed E-state index contributed by atoms with van der Waals surface area (Å²) in [7, 11) is 0. The van der Waals surface area contributed by atoms with Crippen molar-refractivity contribution in [3.05, 3.63) is 29.3 Å². The zero-order chi connectivity index (χ0) is 17.2. The van der Waals surface area contributed by atoms with Crippen molar-refractivity contribution in [3.63, 3.8) is 0 Å². The Morgan fingerprint density at radius 1 is 1.27 bits per heavy atom. The monoisotopic (exact) mass is 375 g/mol. The summed E-state index contributed by atoms with van der Waals surface area (Å²) in [5.41, 5.74) is 2.64. The summed E-state index contributed by atoms with van der Waals surface area (Å²) in [6, 6.07) is 6.50. The van der Waals surface area contributed by atoms with Gasteiger partial charge in [-0.25, -0.2) is 0 Å². The van der Waals surface area contributed by atoms with Crippen molar-refractivity contribution in [2.75, 3.05) is 13.1 Å². The molecule has 0 aromatic heterocycles. The summed E-state index contributed by atoms with van der Waals surface area (Å²) in [5, 5.41) is 10.1. The highest BCUT2D eigenvalue weighted by atomic mass is 35.5. The lowest BCUT2D eigenvalue weighted by Crippen LogP contribution is -2.64. The normalized spacial score (nSPS) is 36.5. The zero-order valence-electron chi connectivity index (χ0n) is 15.6. The zero-order valence-corrected chi connectivity index (χ0v) is 16.4. The summed E-state index contributed by atoms with van der Waals surface area (Å²) in [6.45, 7) is 4.67.